The fraction of sp³-hybridized carbons (Fsp3) is 0.0769. The second-order valence-corrected chi connectivity index (χ2v) is 10.1. The lowest BCUT2D eigenvalue weighted by molar-refractivity contribution is 1.20. The van der Waals surface area contributed by atoms with Gasteiger partial charge in [-0.25, -0.2) is 0 Å². The minimum atomic E-state index is -1.46. The van der Waals surface area contributed by atoms with Gasteiger partial charge in [0, 0.05) is 0 Å². The summed E-state index contributed by atoms with van der Waals surface area (Å²) in [6.45, 7) is 0. The van der Waals surface area contributed by atoms with Crippen LogP contribution in [-0.2, 0) is 12.8 Å². The number of benzene rings is 4. The van der Waals surface area contributed by atoms with Gasteiger partial charge in [-0.15, -0.1) is 0 Å². The van der Waals surface area contributed by atoms with Crippen molar-refractivity contribution in [2.24, 2.45) is 0 Å². The van der Waals surface area contributed by atoms with E-state index in [1.165, 1.54) is 22.3 Å². The molecule has 0 atom stereocenters. The van der Waals surface area contributed by atoms with Crippen molar-refractivity contribution in [3.63, 3.8) is 0 Å². The monoisotopic (exact) mass is 362 g/mol. The Kier molecular flexibility index (Phi) is 4.23. The maximum absolute atomic E-state index is 2.38. The average Bonchev–Trinajstić information content (AvgIpc) is 2.73. The first-order chi connectivity index (χ1) is 13.4. The highest BCUT2D eigenvalue weighted by Crippen LogP contribution is 2.16. The van der Waals surface area contributed by atoms with Gasteiger partial charge >= 0.3 is 0 Å². The topological polar surface area (TPSA) is 0 Å². The Morgan fingerprint density at radius 1 is 0.519 bits per heavy atom. The maximum atomic E-state index is 2.38. The van der Waals surface area contributed by atoms with Gasteiger partial charge < -0.3 is 0 Å². The lowest BCUT2D eigenvalue weighted by atomic mass is 10.0. The standard InChI is InChI=1S/C26H22Si/c1-2-10-20(11-3-1)18-21-12-4-7-15-24(21)27-25-16-8-5-13-22(25)19-23-14-6-9-17-26(23)27/h1-17,27H,18-19H2. The molecule has 1 aliphatic heterocycles. The quantitative estimate of drug-likeness (QED) is 0.431. The van der Waals surface area contributed by atoms with E-state index in [0.717, 1.165) is 12.8 Å². The molecule has 0 saturated carbocycles. The molecule has 0 N–H and O–H groups in total. The highest BCUT2D eigenvalue weighted by molar-refractivity contribution is 6.96. The van der Waals surface area contributed by atoms with E-state index in [0.29, 0.717) is 0 Å². The van der Waals surface area contributed by atoms with Gasteiger partial charge in [-0.05, 0) is 50.7 Å². The normalized spacial score (nSPS) is 13.0. The zero-order chi connectivity index (χ0) is 18.1. The molecule has 4 aromatic carbocycles. The van der Waals surface area contributed by atoms with Gasteiger partial charge in [0.2, 0.25) is 0 Å². The molecule has 4 aromatic rings. The van der Waals surface area contributed by atoms with Crippen LogP contribution in [0.3, 0.4) is 0 Å². The first kappa shape index (κ1) is 16.3. The molecule has 0 aliphatic carbocycles. The summed E-state index contributed by atoms with van der Waals surface area (Å²) in [5.41, 5.74) is 5.90. The van der Waals surface area contributed by atoms with Crippen molar-refractivity contribution in [3.05, 3.63) is 125 Å². The lowest BCUT2D eigenvalue weighted by Gasteiger charge is -2.29. The molecule has 1 heterocycles. The molecule has 0 nitrogen and oxygen atoms in total. The van der Waals surface area contributed by atoms with Crippen LogP contribution in [-0.4, -0.2) is 8.80 Å². The van der Waals surface area contributed by atoms with Gasteiger partial charge in [0.05, 0.1) is 0 Å². The summed E-state index contributed by atoms with van der Waals surface area (Å²) in [4.78, 5) is 0. The SMILES string of the molecule is c1ccc(Cc2ccccc2[SiH]2c3ccccc3Cc3ccccc32)cc1. The molecule has 130 valence electrons. The minimum absolute atomic E-state index is 1.00. The number of rotatable bonds is 3. The van der Waals surface area contributed by atoms with Crippen LogP contribution in [0, 0.1) is 0 Å². The second kappa shape index (κ2) is 7.01. The van der Waals surface area contributed by atoms with Crippen molar-refractivity contribution in [3.8, 4) is 0 Å². The van der Waals surface area contributed by atoms with Crippen LogP contribution in [0.2, 0.25) is 0 Å². The van der Waals surface area contributed by atoms with E-state index in [4.69, 9.17) is 0 Å². The smallest absolute Gasteiger partial charge is 0.0623 e. The van der Waals surface area contributed by atoms with E-state index in [1.54, 1.807) is 15.6 Å². The Morgan fingerprint density at radius 2 is 1.04 bits per heavy atom. The van der Waals surface area contributed by atoms with Gasteiger partial charge in [-0.3, -0.25) is 0 Å². The maximum Gasteiger partial charge on any atom is 0.134 e. The molecular weight excluding hydrogens is 340 g/mol. The highest BCUT2D eigenvalue weighted by Gasteiger charge is 2.29. The van der Waals surface area contributed by atoms with Crippen LogP contribution >= 0.6 is 0 Å². The molecule has 0 radical (unpaired) electrons. The van der Waals surface area contributed by atoms with Crippen molar-refractivity contribution < 1.29 is 0 Å². The zero-order valence-electron chi connectivity index (χ0n) is 15.3. The Hall–Kier alpha value is -2.90. The van der Waals surface area contributed by atoms with Gasteiger partial charge in [0.25, 0.3) is 0 Å². The number of hydrogen-bond acceptors (Lipinski definition) is 0. The van der Waals surface area contributed by atoms with E-state index in [2.05, 4.69) is 103 Å². The van der Waals surface area contributed by atoms with Crippen LogP contribution in [0.5, 0.6) is 0 Å². The summed E-state index contributed by atoms with van der Waals surface area (Å²) in [5.74, 6) is 0. The van der Waals surface area contributed by atoms with Crippen molar-refractivity contribution >= 4 is 24.4 Å². The van der Waals surface area contributed by atoms with Crippen LogP contribution in [0.1, 0.15) is 22.3 Å². The fourth-order valence-electron chi connectivity index (χ4n) is 4.45. The first-order valence-corrected chi connectivity index (χ1v) is 11.4. The molecule has 5 rings (SSSR count). The molecular formula is C26H22Si. The van der Waals surface area contributed by atoms with Crippen LogP contribution in [0.15, 0.2) is 103 Å². The zero-order valence-corrected chi connectivity index (χ0v) is 16.5. The van der Waals surface area contributed by atoms with Gasteiger partial charge in [0.1, 0.15) is 8.80 Å². The summed E-state index contributed by atoms with van der Waals surface area (Å²) in [7, 11) is -1.46. The fourth-order valence-corrected chi connectivity index (χ4v) is 8.08. The minimum Gasteiger partial charge on any atom is -0.0623 e. The van der Waals surface area contributed by atoms with E-state index < -0.39 is 8.80 Å². The predicted molar refractivity (Wildman–Crippen MR) is 117 cm³/mol. The average molecular weight is 363 g/mol. The van der Waals surface area contributed by atoms with Crippen LogP contribution in [0.25, 0.3) is 0 Å². The molecule has 27 heavy (non-hydrogen) atoms. The van der Waals surface area contributed by atoms with Gasteiger partial charge in [-0.1, -0.05) is 103 Å². The van der Waals surface area contributed by atoms with Crippen LogP contribution in [0.4, 0.5) is 0 Å². The molecule has 0 amide bonds. The molecule has 1 heteroatoms. The molecule has 0 spiro atoms. The Bertz CT molecular complexity index is 1040. The Balaban J connectivity index is 1.67. The lowest BCUT2D eigenvalue weighted by Crippen LogP contribution is -2.57. The van der Waals surface area contributed by atoms with Gasteiger partial charge in [0.15, 0.2) is 0 Å². The van der Waals surface area contributed by atoms with E-state index >= 15 is 0 Å². The Labute approximate surface area is 162 Å². The van der Waals surface area contributed by atoms with E-state index in [9.17, 15) is 0 Å². The summed E-state index contributed by atoms with van der Waals surface area (Å²) in [6.07, 6.45) is 2.07. The number of hydrogen-bond donors (Lipinski definition) is 0. The van der Waals surface area contributed by atoms with Crippen molar-refractivity contribution in [1.29, 1.82) is 0 Å². The van der Waals surface area contributed by atoms with Crippen LogP contribution < -0.4 is 15.6 Å². The first-order valence-electron chi connectivity index (χ1n) is 9.67. The molecule has 1 aliphatic rings. The van der Waals surface area contributed by atoms with Crippen molar-refractivity contribution in [2.45, 2.75) is 12.8 Å². The third-order valence-electron chi connectivity index (χ3n) is 5.72. The van der Waals surface area contributed by atoms with Crippen molar-refractivity contribution in [1.82, 2.24) is 0 Å². The molecule has 0 fully saturated rings. The second-order valence-electron chi connectivity index (χ2n) is 7.37. The van der Waals surface area contributed by atoms with E-state index in [1.807, 2.05) is 0 Å². The summed E-state index contributed by atoms with van der Waals surface area (Å²) in [5, 5.41) is 4.76. The molecule has 0 saturated heterocycles. The molecule has 0 aromatic heterocycles. The van der Waals surface area contributed by atoms with Crippen molar-refractivity contribution in [2.75, 3.05) is 0 Å². The van der Waals surface area contributed by atoms with Gasteiger partial charge in [-0.2, -0.15) is 0 Å². The summed E-state index contributed by atoms with van der Waals surface area (Å²) in [6, 6.07) is 38.2. The Morgan fingerprint density at radius 3 is 1.70 bits per heavy atom. The summed E-state index contributed by atoms with van der Waals surface area (Å²) >= 11 is 0. The number of fused-ring (bicyclic) bond motifs is 2. The predicted octanol–water partition coefficient (Wildman–Crippen LogP) is 3.43. The third kappa shape index (κ3) is 3.05. The molecule has 0 bridgehead atoms. The highest BCUT2D eigenvalue weighted by atomic mass is 28.3. The van der Waals surface area contributed by atoms with E-state index in [-0.39, 0.29) is 0 Å². The third-order valence-corrected chi connectivity index (χ3v) is 9.27. The molecule has 0 unspecified atom stereocenters. The summed E-state index contributed by atoms with van der Waals surface area (Å²) < 4.78 is 0. The largest absolute Gasteiger partial charge is 0.134 e.